The molecule has 0 bridgehead atoms. The van der Waals surface area contributed by atoms with Crippen molar-refractivity contribution in [3.05, 3.63) is 41.2 Å². The SMILES string of the molecule is C=Cc1cc(F)c(F)c(F)c1C(F)C(=O)O. The van der Waals surface area contributed by atoms with Crippen LogP contribution < -0.4 is 0 Å². The van der Waals surface area contributed by atoms with E-state index in [1.807, 2.05) is 0 Å². The Morgan fingerprint density at radius 3 is 2.38 bits per heavy atom. The van der Waals surface area contributed by atoms with Gasteiger partial charge in [0.2, 0.25) is 6.17 Å². The van der Waals surface area contributed by atoms with Gasteiger partial charge in [-0.2, -0.15) is 0 Å². The minimum absolute atomic E-state index is 0.439. The maximum atomic E-state index is 13.2. The Morgan fingerprint density at radius 1 is 1.38 bits per heavy atom. The fraction of sp³-hybridized carbons (Fsp3) is 0.100. The number of hydrogen-bond acceptors (Lipinski definition) is 1. The third kappa shape index (κ3) is 1.91. The highest BCUT2D eigenvalue weighted by atomic mass is 19.2. The first-order valence-corrected chi connectivity index (χ1v) is 4.06. The molecule has 0 aliphatic carbocycles. The number of halogens is 4. The van der Waals surface area contributed by atoms with Crippen LogP contribution in [0.25, 0.3) is 6.08 Å². The summed E-state index contributed by atoms with van der Waals surface area (Å²) in [4.78, 5) is 10.3. The molecular weight excluding hydrogens is 228 g/mol. The number of benzene rings is 1. The predicted octanol–water partition coefficient (Wildman–Crippen LogP) is 2.84. The van der Waals surface area contributed by atoms with Gasteiger partial charge in [-0.25, -0.2) is 22.4 Å². The summed E-state index contributed by atoms with van der Waals surface area (Å²) < 4.78 is 51.8. The van der Waals surface area contributed by atoms with Gasteiger partial charge in [0.05, 0.1) is 0 Å². The first-order valence-electron chi connectivity index (χ1n) is 4.06. The van der Waals surface area contributed by atoms with Gasteiger partial charge in [0.25, 0.3) is 0 Å². The third-order valence-electron chi connectivity index (χ3n) is 1.92. The Balaban J connectivity index is 3.53. The standard InChI is InChI=1S/C10H6F4O2/c1-2-4-3-5(11)7(12)8(13)6(4)9(14)10(15)16/h2-3,9H,1H2,(H,15,16). The van der Waals surface area contributed by atoms with Crippen molar-refractivity contribution in [2.45, 2.75) is 6.17 Å². The molecule has 1 rings (SSSR count). The van der Waals surface area contributed by atoms with E-state index >= 15 is 0 Å². The van der Waals surface area contributed by atoms with Gasteiger partial charge in [0.15, 0.2) is 17.5 Å². The summed E-state index contributed by atoms with van der Waals surface area (Å²) in [5.74, 6) is -7.30. The van der Waals surface area contributed by atoms with E-state index in [-0.39, 0.29) is 0 Å². The molecule has 0 aliphatic heterocycles. The van der Waals surface area contributed by atoms with Crippen LogP contribution in [0.15, 0.2) is 12.6 Å². The summed E-state index contributed by atoms with van der Waals surface area (Å²) in [6.07, 6.45) is -1.93. The van der Waals surface area contributed by atoms with Crippen LogP contribution in [0.4, 0.5) is 17.6 Å². The van der Waals surface area contributed by atoms with Gasteiger partial charge in [-0.1, -0.05) is 12.7 Å². The van der Waals surface area contributed by atoms with Crippen molar-refractivity contribution in [3.8, 4) is 0 Å². The summed E-state index contributed by atoms with van der Waals surface area (Å²) in [6, 6.07) is 0.482. The lowest BCUT2D eigenvalue weighted by Gasteiger charge is -2.10. The average Bonchev–Trinajstić information content (AvgIpc) is 2.24. The summed E-state index contributed by atoms with van der Waals surface area (Å²) in [5.41, 5.74) is -1.51. The van der Waals surface area contributed by atoms with Crippen molar-refractivity contribution in [2.75, 3.05) is 0 Å². The molecule has 1 aromatic rings. The Labute approximate surface area is 87.8 Å². The van der Waals surface area contributed by atoms with Crippen LogP contribution in [0.5, 0.6) is 0 Å². The third-order valence-corrected chi connectivity index (χ3v) is 1.92. The minimum atomic E-state index is -2.77. The predicted molar refractivity (Wildman–Crippen MR) is 47.9 cm³/mol. The average molecular weight is 234 g/mol. The maximum absolute atomic E-state index is 13.2. The first kappa shape index (κ1) is 12.2. The molecule has 0 aliphatic rings. The van der Waals surface area contributed by atoms with Crippen LogP contribution in [0, 0.1) is 17.5 Å². The highest BCUT2D eigenvalue weighted by Gasteiger charge is 2.28. The van der Waals surface area contributed by atoms with Gasteiger partial charge in [-0.15, -0.1) is 0 Å². The van der Waals surface area contributed by atoms with Crippen LogP contribution in [0.3, 0.4) is 0 Å². The van der Waals surface area contributed by atoms with E-state index in [4.69, 9.17) is 5.11 Å². The first-order chi connectivity index (χ1) is 7.40. The number of rotatable bonds is 3. The molecule has 0 radical (unpaired) electrons. The number of carbonyl (C=O) groups is 1. The second-order valence-electron chi connectivity index (χ2n) is 2.89. The zero-order valence-electron chi connectivity index (χ0n) is 7.81. The van der Waals surface area contributed by atoms with Crippen molar-refractivity contribution < 1.29 is 27.5 Å². The van der Waals surface area contributed by atoms with E-state index in [0.717, 1.165) is 6.08 Å². The van der Waals surface area contributed by atoms with Crippen LogP contribution in [0.1, 0.15) is 17.3 Å². The fourth-order valence-electron chi connectivity index (χ4n) is 1.18. The van der Waals surface area contributed by atoms with Gasteiger partial charge < -0.3 is 5.11 Å². The van der Waals surface area contributed by atoms with Crippen molar-refractivity contribution in [2.24, 2.45) is 0 Å². The monoisotopic (exact) mass is 234 g/mol. The Morgan fingerprint density at radius 2 is 1.94 bits per heavy atom. The lowest BCUT2D eigenvalue weighted by molar-refractivity contribution is -0.143. The molecule has 0 fully saturated rings. The van der Waals surface area contributed by atoms with E-state index in [0.29, 0.717) is 6.07 Å². The highest BCUT2D eigenvalue weighted by Crippen LogP contribution is 2.29. The molecule has 1 unspecified atom stereocenters. The van der Waals surface area contributed by atoms with E-state index in [2.05, 4.69) is 6.58 Å². The van der Waals surface area contributed by atoms with Gasteiger partial charge in [0, 0.05) is 5.56 Å². The summed E-state index contributed by atoms with van der Waals surface area (Å²) in [6.45, 7) is 3.13. The van der Waals surface area contributed by atoms with Crippen LogP contribution in [-0.2, 0) is 4.79 Å². The molecule has 2 nitrogen and oxygen atoms in total. The number of hydrogen-bond donors (Lipinski definition) is 1. The fourth-order valence-corrected chi connectivity index (χ4v) is 1.18. The van der Waals surface area contributed by atoms with E-state index < -0.39 is 40.7 Å². The molecule has 1 N–H and O–H groups in total. The van der Waals surface area contributed by atoms with E-state index in [9.17, 15) is 22.4 Å². The van der Waals surface area contributed by atoms with Gasteiger partial charge >= 0.3 is 5.97 Å². The Hall–Kier alpha value is -1.85. The van der Waals surface area contributed by atoms with Crippen molar-refractivity contribution in [1.29, 1.82) is 0 Å². The molecule has 86 valence electrons. The smallest absolute Gasteiger partial charge is 0.343 e. The largest absolute Gasteiger partial charge is 0.479 e. The topological polar surface area (TPSA) is 37.3 Å². The quantitative estimate of drug-likeness (QED) is 0.645. The van der Waals surface area contributed by atoms with Crippen molar-refractivity contribution in [3.63, 3.8) is 0 Å². The number of alkyl halides is 1. The van der Waals surface area contributed by atoms with Gasteiger partial charge in [0.1, 0.15) is 0 Å². The molecule has 0 saturated carbocycles. The van der Waals surface area contributed by atoms with E-state index in [1.165, 1.54) is 0 Å². The molecular formula is C10H6F4O2. The lowest BCUT2D eigenvalue weighted by Crippen LogP contribution is -2.12. The molecule has 0 spiro atoms. The van der Waals surface area contributed by atoms with Crippen molar-refractivity contribution >= 4 is 12.0 Å². The normalized spacial score (nSPS) is 12.2. The summed E-state index contributed by atoms with van der Waals surface area (Å²) in [5, 5.41) is 8.35. The molecule has 0 heterocycles. The highest BCUT2D eigenvalue weighted by molar-refractivity contribution is 5.76. The van der Waals surface area contributed by atoms with Crippen molar-refractivity contribution in [1.82, 2.24) is 0 Å². The second kappa shape index (κ2) is 4.34. The lowest BCUT2D eigenvalue weighted by atomic mass is 10.0. The molecule has 0 amide bonds. The van der Waals surface area contributed by atoms with Crippen LogP contribution in [-0.4, -0.2) is 11.1 Å². The minimum Gasteiger partial charge on any atom is -0.479 e. The molecule has 0 aromatic heterocycles. The van der Waals surface area contributed by atoms with E-state index in [1.54, 1.807) is 0 Å². The second-order valence-corrected chi connectivity index (χ2v) is 2.89. The number of carboxylic acid groups (broad SMARTS) is 1. The molecule has 0 saturated heterocycles. The van der Waals surface area contributed by atoms with Gasteiger partial charge in [-0.05, 0) is 11.6 Å². The summed E-state index contributed by atoms with van der Waals surface area (Å²) in [7, 11) is 0. The van der Waals surface area contributed by atoms with Gasteiger partial charge in [-0.3, -0.25) is 0 Å². The van der Waals surface area contributed by atoms with Crippen LogP contribution >= 0.6 is 0 Å². The van der Waals surface area contributed by atoms with Crippen LogP contribution in [0.2, 0.25) is 0 Å². The Bertz CT molecular complexity index is 457. The Kier molecular flexibility index (Phi) is 3.31. The molecule has 1 atom stereocenters. The molecule has 6 heteroatoms. The number of aliphatic carboxylic acids is 1. The number of carboxylic acids is 1. The zero-order valence-corrected chi connectivity index (χ0v) is 7.81. The molecule has 1 aromatic carbocycles. The molecule has 16 heavy (non-hydrogen) atoms. The zero-order chi connectivity index (χ0) is 12.5. The summed E-state index contributed by atoms with van der Waals surface area (Å²) >= 11 is 0. The maximum Gasteiger partial charge on any atom is 0.343 e.